The smallest absolute Gasteiger partial charge is 0.317 e. The minimum absolute atomic E-state index is 0. The fourth-order valence-electron chi connectivity index (χ4n) is 2.03. The Morgan fingerprint density at radius 1 is 1.40 bits per heavy atom. The zero-order valence-corrected chi connectivity index (χ0v) is 9.80. The Hall–Kier alpha value is -0.740. The molecule has 1 aliphatic heterocycles. The van der Waals surface area contributed by atoms with Crippen molar-refractivity contribution in [1.82, 2.24) is 14.5 Å². The maximum Gasteiger partial charge on any atom is 0.328 e. The van der Waals surface area contributed by atoms with Crippen LogP contribution in [-0.4, -0.2) is 22.2 Å². The van der Waals surface area contributed by atoms with Crippen LogP contribution in [0.2, 0.25) is 0 Å². The molecule has 0 aliphatic carbocycles. The van der Waals surface area contributed by atoms with Crippen molar-refractivity contribution in [2.24, 2.45) is 0 Å². The minimum Gasteiger partial charge on any atom is -0.317 e. The van der Waals surface area contributed by atoms with Crippen LogP contribution in [0.3, 0.4) is 0 Å². The van der Waals surface area contributed by atoms with Gasteiger partial charge in [0.2, 0.25) is 0 Å². The maximum atomic E-state index is 11.8. The van der Waals surface area contributed by atoms with Crippen LogP contribution in [0.25, 0.3) is 0 Å². The second-order valence-electron chi connectivity index (χ2n) is 3.76. The number of hydrogen-bond acceptors (Lipinski definition) is 2. The largest absolute Gasteiger partial charge is 0.328 e. The van der Waals surface area contributed by atoms with Gasteiger partial charge in [-0.3, -0.25) is 9.13 Å². The van der Waals surface area contributed by atoms with E-state index in [1.54, 1.807) is 4.57 Å². The van der Waals surface area contributed by atoms with Gasteiger partial charge in [0, 0.05) is 25.0 Å². The molecule has 2 rings (SSSR count). The van der Waals surface area contributed by atoms with Crippen LogP contribution in [0.15, 0.2) is 17.2 Å². The lowest BCUT2D eigenvalue weighted by Crippen LogP contribution is -2.34. The first kappa shape index (κ1) is 12.3. The SMILES string of the molecule is CCn1ccn(C2CCNCC2)c1=O.Cl. The Kier molecular flexibility index (Phi) is 4.42. The van der Waals surface area contributed by atoms with Crippen molar-refractivity contribution in [2.45, 2.75) is 32.4 Å². The maximum absolute atomic E-state index is 11.8. The summed E-state index contributed by atoms with van der Waals surface area (Å²) in [6.45, 7) is 4.80. The molecule has 1 aromatic rings. The number of piperidine rings is 1. The number of aryl methyl sites for hydroxylation is 1. The third-order valence-electron chi connectivity index (χ3n) is 2.92. The molecule has 1 aliphatic rings. The number of aromatic nitrogens is 2. The molecular weight excluding hydrogens is 214 g/mol. The molecule has 0 aromatic carbocycles. The standard InChI is InChI=1S/C10H17N3O.ClH/c1-2-12-7-8-13(10(12)14)9-3-5-11-6-4-9;/h7-9,11H,2-6H2,1H3;1H. The normalized spacial score (nSPS) is 17.4. The molecule has 0 saturated carbocycles. The molecule has 5 heteroatoms. The zero-order valence-electron chi connectivity index (χ0n) is 8.98. The molecule has 2 heterocycles. The molecule has 0 unspecified atom stereocenters. The van der Waals surface area contributed by atoms with E-state index in [4.69, 9.17) is 0 Å². The molecule has 1 aromatic heterocycles. The van der Waals surface area contributed by atoms with Gasteiger partial charge in [-0.1, -0.05) is 0 Å². The molecular formula is C10H18ClN3O. The van der Waals surface area contributed by atoms with Crippen LogP contribution in [0, 0.1) is 0 Å². The van der Waals surface area contributed by atoms with Gasteiger partial charge in [0.1, 0.15) is 0 Å². The summed E-state index contributed by atoms with van der Waals surface area (Å²) in [7, 11) is 0. The fraction of sp³-hybridized carbons (Fsp3) is 0.700. The molecule has 0 radical (unpaired) electrons. The number of nitrogens with zero attached hydrogens (tertiary/aromatic N) is 2. The van der Waals surface area contributed by atoms with E-state index in [0.717, 1.165) is 32.5 Å². The topological polar surface area (TPSA) is 39.0 Å². The van der Waals surface area contributed by atoms with Gasteiger partial charge in [-0.15, -0.1) is 12.4 Å². The highest BCUT2D eigenvalue weighted by molar-refractivity contribution is 5.85. The predicted molar refractivity (Wildman–Crippen MR) is 62.8 cm³/mol. The summed E-state index contributed by atoms with van der Waals surface area (Å²) in [6.07, 6.45) is 5.92. The number of imidazole rings is 1. The first-order chi connectivity index (χ1) is 6.83. The Morgan fingerprint density at radius 2 is 2.07 bits per heavy atom. The summed E-state index contributed by atoms with van der Waals surface area (Å²) in [4.78, 5) is 11.8. The van der Waals surface area contributed by atoms with Crippen molar-refractivity contribution in [3.8, 4) is 0 Å². The first-order valence-corrected chi connectivity index (χ1v) is 5.31. The molecule has 4 nitrogen and oxygen atoms in total. The molecule has 86 valence electrons. The molecule has 0 bridgehead atoms. The Morgan fingerprint density at radius 3 is 2.60 bits per heavy atom. The minimum atomic E-state index is 0. The average Bonchev–Trinajstić information content (AvgIpc) is 2.61. The van der Waals surface area contributed by atoms with Crippen LogP contribution in [0.1, 0.15) is 25.8 Å². The van der Waals surface area contributed by atoms with E-state index in [0.29, 0.717) is 6.04 Å². The predicted octanol–water partition coefficient (Wildman–Crippen LogP) is 1.02. The molecule has 15 heavy (non-hydrogen) atoms. The lowest BCUT2D eigenvalue weighted by molar-refractivity contribution is 0.358. The van der Waals surface area contributed by atoms with E-state index < -0.39 is 0 Å². The molecule has 1 saturated heterocycles. The van der Waals surface area contributed by atoms with Crippen molar-refractivity contribution >= 4 is 12.4 Å². The summed E-state index contributed by atoms with van der Waals surface area (Å²) in [5.74, 6) is 0. The van der Waals surface area contributed by atoms with Gasteiger partial charge in [0.15, 0.2) is 0 Å². The van der Waals surface area contributed by atoms with E-state index >= 15 is 0 Å². The second-order valence-corrected chi connectivity index (χ2v) is 3.76. The Labute approximate surface area is 95.7 Å². The first-order valence-electron chi connectivity index (χ1n) is 5.31. The number of nitrogens with one attached hydrogen (secondary N) is 1. The summed E-state index contributed by atoms with van der Waals surface area (Å²) < 4.78 is 3.63. The number of halogens is 1. The van der Waals surface area contributed by atoms with Crippen LogP contribution in [-0.2, 0) is 6.54 Å². The van der Waals surface area contributed by atoms with E-state index in [9.17, 15) is 4.79 Å². The van der Waals surface area contributed by atoms with Gasteiger partial charge in [-0.25, -0.2) is 4.79 Å². The summed E-state index contributed by atoms with van der Waals surface area (Å²) in [5, 5.41) is 3.30. The third-order valence-corrected chi connectivity index (χ3v) is 2.92. The highest BCUT2D eigenvalue weighted by atomic mass is 35.5. The van der Waals surface area contributed by atoms with Crippen LogP contribution in [0.4, 0.5) is 0 Å². The van der Waals surface area contributed by atoms with Crippen LogP contribution >= 0.6 is 12.4 Å². The Bertz CT molecular complexity index is 352. The lowest BCUT2D eigenvalue weighted by atomic mass is 10.1. The summed E-state index contributed by atoms with van der Waals surface area (Å²) in [5.41, 5.74) is 0.138. The van der Waals surface area contributed by atoms with Crippen molar-refractivity contribution in [3.63, 3.8) is 0 Å². The number of rotatable bonds is 2. The van der Waals surface area contributed by atoms with Gasteiger partial charge < -0.3 is 5.32 Å². The fourth-order valence-corrected chi connectivity index (χ4v) is 2.03. The average molecular weight is 232 g/mol. The summed E-state index contributed by atoms with van der Waals surface area (Å²) >= 11 is 0. The lowest BCUT2D eigenvalue weighted by Gasteiger charge is -2.22. The highest BCUT2D eigenvalue weighted by Crippen LogP contribution is 2.15. The van der Waals surface area contributed by atoms with Gasteiger partial charge in [0.25, 0.3) is 0 Å². The van der Waals surface area contributed by atoms with Crippen LogP contribution < -0.4 is 11.0 Å². The second kappa shape index (κ2) is 5.37. The van der Waals surface area contributed by atoms with Crippen molar-refractivity contribution < 1.29 is 0 Å². The van der Waals surface area contributed by atoms with Crippen LogP contribution in [0.5, 0.6) is 0 Å². The summed E-state index contributed by atoms with van der Waals surface area (Å²) in [6, 6.07) is 0.400. The van der Waals surface area contributed by atoms with Crippen molar-refractivity contribution in [2.75, 3.05) is 13.1 Å². The third kappa shape index (κ3) is 2.44. The van der Waals surface area contributed by atoms with E-state index in [-0.39, 0.29) is 18.1 Å². The van der Waals surface area contributed by atoms with E-state index in [1.165, 1.54) is 0 Å². The van der Waals surface area contributed by atoms with Gasteiger partial charge in [0.05, 0.1) is 0 Å². The van der Waals surface area contributed by atoms with Gasteiger partial charge >= 0.3 is 5.69 Å². The van der Waals surface area contributed by atoms with Crippen molar-refractivity contribution in [3.05, 3.63) is 22.9 Å². The van der Waals surface area contributed by atoms with Crippen molar-refractivity contribution in [1.29, 1.82) is 0 Å². The number of hydrogen-bond donors (Lipinski definition) is 1. The molecule has 1 fully saturated rings. The Balaban J connectivity index is 0.00000112. The van der Waals surface area contributed by atoms with E-state index in [1.807, 2.05) is 23.9 Å². The van der Waals surface area contributed by atoms with Gasteiger partial charge in [-0.2, -0.15) is 0 Å². The quantitative estimate of drug-likeness (QED) is 0.826. The molecule has 0 atom stereocenters. The monoisotopic (exact) mass is 231 g/mol. The zero-order chi connectivity index (χ0) is 9.97. The van der Waals surface area contributed by atoms with Gasteiger partial charge in [-0.05, 0) is 32.9 Å². The molecule has 0 spiro atoms. The molecule has 1 N–H and O–H groups in total. The van der Waals surface area contributed by atoms with E-state index in [2.05, 4.69) is 5.32 Å². The highest BCUT2D eigenvalue weighted by Gasteiger charge is 2.16. The molecule has 0 amide bonds.